The van der Waals surface area contributed by atoms with Crippen LogP contribution >= 0.6 is 11.3 Å². The van der Waals surface area contributed by atoms with Crippen molar-refractivity contribution in [2.75, 3.05) is 0 Å². The Morgan fingerprint density at radius 3 is 2.72 bits per heavy atom. The van der Waals surface area contributed by atoms with Crippen molar-refractivity contribution in [3.05, 3.63) is 56.1 Å². The summed E-state index contributed by atoms with van der Waals surface area (Å²) in [5.74, 6) is 0. The predicted octanol–water partition coefficient (Wildman–Crippen LogP) is 2.27. The third kappa shape index (κ3) is 1.77. The van der Waals surface area contributed by atoms with E-state index in [0.717, 1.165) is 22.2 Å². The summed E-state index contributed by atoms with van der Waals surface area (Å²) in [4.78, 5) is 16.7. The molecule has 0 saturated heterocycles. The molecule has 2 aromatic heterocycles. The second-order valence-electron chi connectivity index (χ2n) is 4.37. The first kappa shape index (κ1) is 11.3. The third-order valence-electron chi connectivity index (χ3n) is 3.13. The van der Waals surface area contributed by atoms with Gasteiger partial charge in [0, 0.05) is 0 Å². The van der Waals surface area contributed by atoms with Crippen LogP contribution in [0.1, 0.15) is 22.7 Å². The van der Waals surface area contributed by atoms with Crippen molar-refractivity contribution >= 4 is 22.4 Å². The van der Waals surface area contributed by atoms with Gasteiger partial charge in [-0.15, -0.1) is 0 Å². The number of aromatic nitrogens is 2. The number of aromatic amines is 2. The number of nitrogens with one attached hydrogen (secondary N) is 2. The zero-order valence-corrected chi connectivity index (χ0v) is 10.7. The van der Waals surface area contributed by atoms with Crippen molar-refractivity contribution in [3.63, 3.8) is 0 Å². The molecule has 0 spiro atoms. The molecule has 0 aliphatic carbocycles. The molecule has 4 nitrogen and oxygen atoms in total. The smallest absolute Gasteiger partial charge is 0.320 e. The predicted molar refractivity (Wildman–Crippen MR) is 74.0 cm³/mol. The van der Waals surface area contributed by atoms with Crippen molar-refractivity contribution in [2.45, 2.75) is 13.0 Å². The molecule has 2 heterocycles. The van der Waals surface area contributed by atoms with Gasteiger partial charge in [0.25, 0.3) is 0 Å². The summed E-state index contributed by atoms with van der Waals surface area (Å²) in [7, 11) is 0. The summed E-state index contributed by atoms with van der Waals surface area (Å²) >= 11 is 1.65. The number of imidazole rings is 1. The SMILES string of the molecule is Cc1cscc1C(N)c1ccc2[nH]c(=O)[nH]c2c1. The molecule has 1 unspecified atom stereocenters. The van der Waals surface area contributed by atoms with Crippen molar-refractivity contribution in [1.82, 2.24) is 9.97 Å². The minimum atomic E-state index is -0.192. The highest BCUT2D eigenvalue weighted by molar-refractivity contribution is 7.08. The topological polar surface area (TPSA) is 74.7 Å². The van der Waals surface area contributed by atoms with Gasteiger partial charge in [-0.2, -0.15) is 11.3 Å². The molecule has 92 valence electrons. The number of rotatable bonds is 2. The first-order valence-electron chi connectivity index (χ1n) is 5.65. The fraction of sp³-hybridized carbons (Fsp3) is 0.154. The summed E-state index contributed by atoms with van der Waals surface area (Å²) in [6, 6.07) is 5.60. The summed E-state index contributed by atoms with van der Waals surface area (Å²) in [6.45, 7) is 2.06. The molecule has 0 amide bonds. The van der Waals surface area contributed by atoms with E-state index in [1.807, 2.05) is 18.2 Å². The Bertz CT molecular complexity index is 753. The van der Waals surface area contributed by atoms with E-state index >= 15 is 0 Å². The Morgan fingerprint density at radius 1 is 1.22 bits per heavy atom. The van der Waals surface area contributed by atoms with E-state index in [0.29, 0.717) is 0 Å². The maximum Gasteiger partial charge on any atom is 0.323 e. The van der Waals surface area contributed by atoms with Gasteiger partial charge in [-0.25, -0.2) is 4.79 Å². The van der Waals surface area contributed by atoms with Crippen molar-refractivity contribution < 1.29 is 0 Å². The van der Waals surface area contributed by atoms with E-state index in [-0.39, 0.29) is 11.7 Å². The van der Waals surface area contributed by atoms with Crippen LogP contribution in [0.25, 0.3) is 11.0 Å². The number of hydrogen-bond acceptors (Lipinski definition) is 3. The van der Waals surface area contributed by atoms with Crippen LogP contribution in [0.5, 0.6) is 0 Å². The molecule has 1 atom stereocenters. The summed E-state index contributed by atoms with van der Waals surface area (Å²) in [6.07, 6.45) is 0. The Hall–Kier alpha value is -1.85. The van der Waals surface area contributed by atoms with Gasteiger partial charge >= 0.3 is 5.69 Å². The largest absolute Gasteiger partial charge is 0.323 e. The molecule has 0 radical (unpaired) electrons. The van der Waals surface area contributed by atoms with E-state index < -0.39 is 0 Å². The molecule has 0 bridgehead atoms. The van der Waals surface area contributed by atoms with Gasteiger partial charge in [0.1, 0.15) is 0 Å². The van der Waals surface area contributed by atoms with Crippen LogP contribution in [0, 0.1) is 6.92 Å². The number of benzene rings is 1. The Morgan fingerprint density at radius 2 is 2.00 bits per heavy atom. The van der Waals surface area contributed by atoms with Gasteiger partial charge in [-0.3, -0.25) is 0 Å². The Labute approximate surface area is 107 Å². The second-order valence-corrected chi connectivity index (χ2v) is 5.12. The van der Waals surface area contributed by atoms with E-state index in [2.05, 4.69) is 27.7 Å². The van der Waals surface area contributed by atoms with E-state index in [1.54, 1.807) is 11.3 Å². The normalized spacial score (nSPS) is 13.0. The van der Waals surface area contributed by atoms with Gasteiger partial charge in [0.15, 0.2) is 0 Å². The van der Waals surface area contributed by atoms with E-state index in [4.69, 9.17) is 5.73 Å². The van der Waals surface area contributed by atoms with Gasteiger partial charge in [0.2, 0.25) is 0 Å². The summed E-state index contributed by atoms with van der Waals surface area (Å²) in [5, 5.41) is 4.16. The highest BCUT2D eigenvalue weighted by atomic mass is 32.1. The zero-order valence-electron chi connectivity index (χ0n) is 9.86. The molecule has 0 aliphatic heterocycles. The number of hydrogen-bond donors (Lipinski definition) is 3. The number of aryl methyl sites for hydroxylation is 1. The van der Waals surface area contributed by atoms with Crippen LogP contribution in [-0.4, -0.2) is 9.97 Å². The minimum absolute atomic E-state index is 0.154. The molecule has 5 heteroatoms. The fourth-order valence-electron chi connectivity index (χ4n) is 2.11. The average molecular weight is 259 g/mol. The van der Waals surface area contributed by atoms with Crippen molar-refractivity contribution in [3.8, 4) is 0 Å². The summed E-state index contributed by atoms with van der Waals surface area (Å²) in [5.41, 5.74) is 11.0. The van der Waals surface area contributed by atoms with Crippen molar-refractivity contribution in [2.24, 2.45) is 5.73 Å². The minimum Gasteiger partial charge on any atom is -0.320 e. The Kier molecular flexibility index (Phi) is 2.57. The lowest BCUT2D eigenvalue weighted by molar-refractivity contribution is 0.869. The maximum absolute atomic E-state index is 11.2. The highest BCUT2D eigenvalue weighted by Gasteiger charge is 2.13. The number of fused-ring (bicyclic) bond motifs is 1. The van der Waals surface area contributed by atoms with Crippen LogP contribution < -0.4 is 11.4 Å². The summed E-state index contributed by atoms with van der Waals surface area (Å²) < 4.78 is 0. The molecular formula is C13H13N3OS. The average Bonchev–Trinajstić information content (AvgIpc) is 2.91. The quantitative estimate of drug-likeness (QED) is 0.660. The van der Waals surface area contributed by atoms with Crippen LogP contribution in [0.2, 0.25) is 0 Å². The molecule has 0 aliphatic rings. The first-order chi connectivity index (χ1) is 8.65. The van der Waals surface area contributed by atoms with E-state index in [9.17, 15) is 4.79 Å². The number of thiophene rings is 1. The van der Waals surface area contributed by atoms with Gasteiger partial charge in [-0.05, 0) is 46.5 Å². The zero-order chi connectivity index (χ0) is 12.7. The first-order valence-corrected chi connectivity index (χ1v) is 6.59. The van der Waals surface area contributed by atoms with Gasteiger partial charge in [-0.1, -0.05) is 6.07 Å². The lowest BCUT2D eigenvalue weighted by Crippen LogP contribution is -2.11. The van der Waals surface area contributed by atoms with Crippen LogP contribution in [-0.2, 0) is 0 Å². The van der Waals surface area contributed by atoms with Gasteiger partial charge < -0.3 is 15.7 Å². The second kappa shape index (κ2) is 4.12. The maximum atomic E-state index is 11.2. The lowest BCUT2D eigenvalue weighted by Gasteiger charge is -2.12. The molecule has 0 saturated carbocycles. The number of H-pyrrole nitrogens is 2. The molecule has 4 N–H and O–H groups in total. The fourth-order valence-corrected chi connectivity index (χ4v) is 3.00. The Balaban J connectivity index is 2.09. The monoisotopic (exact) mass is 259 g/mol. The molecule has 3 rings (SSSR count). The third-order valence-corrected chi connectivity index (χ3v) is 4.01. The number of nitrogens with two attached hydrogens (primary N) is 1. The van der Waals surface area contributed by atoms with Crippen LogP contribution in [0.4, 0.5) is 0 Å². The van der Waals surface area contributed by atoms with Crippen LogP contribution in [0.3, 0.4) is 0 Å². The van der Waals surface area contributed by atoms with E-state index in [1.165, 1.54) is 5.56 Å². The van der Waals surface area contributed by atoms with Crippen molar-refractivity contribution in [1.29, 1.82) is 0 Å². The van der Waals surface area contributed by atoms with Gasteiger partial charge in [0.05, 0.1) is 17.1 Å². The van der Waals surface area contributed by atoms with Crippen LogP contribution in [0.15, 0.2) is 33.8 Å². The molecule has 1 aromatic carbocycles. The standard InChI is InChI=1S/C13H13N3OS/c1-7-5-18-6-9(7)12(14)8-2-3-10-11(4-8)16-13(17)15-10/h2-6,12H,14H2,1H3,(H2,15,16,17). The highest BCUT2D eigenvalue weighted by Crippen LogP contribution is 2.26. The lowest BCUT2D eigenvalue weighted by atomic mass is 9.99. The molecular weight excluding hydrogens is 246 g/mol. The molecule has 18 heavy (non-hydrogen) atoms. The molecule has 0 fully saturated rings. The molecule has 3 aromatic rings.